The second-order valence-corrected chi connectivity index (χ2v) is 7.59. The summed E-state index contributed by atoms with van der Waals surface area (Å²) < 4.78 is 24.9. The molecule has 33 heavy (non-hydrogen) atoms. The molecule has 0 aliphatic carbocycles. The number of ether oxygens (including phenoxy) is 1. The molecular formula is C22H21FN4O6. The third-order valence-corrected chi connectivity index (χ3v) is 5.48. The Morgan fingerprint density at radius 2 is 1.97 bits per heavy atom. The standard InChI is InChI=1S/C22H21FN4O6/c1-3-32-18(28)16-14(24-20(30)25-17(16)15-9-6-10-33-15)11-27-19(29)22(2,26-21(27)31)12-7-4-5-8-13(12)23/h4-10,17H,3,11H2,1-2H3,(H,26,31)(H2,24,25,30). The number of esters is 1. The van der Waals surface area contributed by atoms with Crippen LogP contribution in [0.3, 0.4) is 0 Å². The summed E-state index contributed by atoms with van der Waals surface area (Å²) in [7, 11) is 0. The Hall–Kier alpha value is -4.15. The number of amides is 5. The van der Waals surface area contributed by atoms with E-state index >= 15 is 0 Å². The van der Waals surface area contributed by atoms with Crippen molar-refractivity contribution in [2.45, 2.75) is 25.4 Å². The Labute approximate surface area is 187 Å². The normalized spacial score (nSPS) is 22.7. The molecule has 1 saturated heterocycles. The van der Waals surface area contributed by atoms with Crippen LogP contribution in [0.1, 0.15) is 31.2 Å². The molecule has 2 unspecified atom stereocenters. The van der Waals surface area contributed by atoms with Gasteiger partial charge in [-0.1, -0.05) is 18.2 Å². The Kier molecular flexibility index (Phi) is 5.62. The molecule has 2 aliphatic heterocycles. The van der Waals surface area contributed by atoms with Crippen LogP contribution in [0.5, 0.6) is 0 Å². The van der Waals surface area contributed by atoms with Crippen LogP contribution >= 0.6 is 0 Å². The van der Waals surface area contributed by atoms with Crippen molar-refractivity contribution < 1.29 is 32.7 Å². The summed E-state index contributed by atoms with van der Waals surface area (Å²) in [5.74, 6) is -1.89. The van der Waals surface area contributed by atoms with E-state index in [0.717, 1.165) is 4.90 Å². The monoisotopic (exact) mass is 456 g/mol. The predicted molar refractivity (Wildman–Crippen MR) is 111 cm³/mol. The Morgan fingerprint density at radius 1 is 1.21 bits per heavy atom. The quantitative estimate of drug-likeness (QED) is 0.451. The number of rotatable bonds is 6. The molecule has 2 aliphatic rings. The molecule has 2 atom stereocenters. The van der Waals surface area contributed by atoms with Crippen LogP contribution in [0.25, 0.3) is 0 Å². The molecule has 0 radical (unpaired) electrons. The molecule has 172 valence electrons. The minimum atomic E-state index is -1.66. The molecule has 3 heterocycles. The number of halogens is 1. The van der Waals surface area contributed by atoms with E-state index in [1.165, 1.54) is 31.4 Å². The van der Waals surface area contributed by atoms with Crippen molar-refractivity contribution in [2.75, 3.05) is 13.2 Å². The van der Waals surface area contributed by atoms with Gasteiger partial charge in [-0.3, -0.25) is 9.69 Å². The summed E-state index contributed by atoms with van der Waals surface area (Å²) in [5.41, 5.74) is -1.70. The van der Waals surface area contributed by atoms with Gasteiger partial charge in [0.1, 0.15) is 23.2 Å². The molecule has 0 saturated carbocycles. The average molecular weight is 456 g/mol. The lowest BCUT2D eigenvalue weighted by Gasteiger charge is -2.29. The van der Waals surface area contributed by atoms with E-state index in [0.29, 0.717) is 0 Å². The first-order valence-corrected chi connectivity index (χ1v) is 10.2. The predicted octanol–water partition coefficient (Wildman–Crippen LogP) is 2.06. The first-order valence-electron chi connectivity index (χ1n) is 10.2. The van der Waals surface area contributed by atoms with Crippen LogP contribution in [-0.2, 0) is 19.9 Å². The molecule has 1 aromatic carbocycles. The van der Waals surface area contributed by atoms with Gasteiger partial charge in [0, 0.05) is 5.56 Å². The molecule has 1 aromatic heterocycles. The minimum Gasteiger partial charge on any atom is -0.467 e. The highest BCUT2D eigenvalue weighted by atomic mass is 19.1. The van der Waals surface area contributed by atoms with Gasteiger partial charge in [0.2, 0.25) is 0 Å². The van der Waals surface area contributed by atoms with E-state index in [4.69, 9.17) is 9.15 Å². The van der Waals surface area contributed by atoms with Gasteiger partial charge in [-0.15, -0.1) is 0 Å². The van der Waals surface area contributed by atoms with E-state index in [1.54, 1.807) is 25.1 Å². The van der Waals surface area contributed by atoms with E-state index in [1.807, 2.05) is 0 Å². The Morgan fingerprint density at radius 3 is 2.64 bits per heavy atom. The third-order valence-electron chi connectivity index (χ3n) is 5.48. The van der Waals surface area contributed by atoms with Gasteiger partial charge in [0.15, 0.2) is 0 Å². The number of furan rings is 1. The van der Waals surface area contributed by atoms with Crippen LogP contribution in [0.2, 0.25) is 0 Å². The van der Waals surface area contributed by atoms with E-state index in [2.05, 4.69) is 16.0 Å². The maximum atomic E-state index is 14.4. The zero-order valence-electron chi connectivity index (χ0n) is 17.8. The van der Waals surface area contributed by atoms with E-state index in [9.17, 15) is 23.6 Å². The van der Waals surface area contributed by atoms with Crippen molar-refractivity contribution in [2.24, 2.45) is 0 Å². The van der Waals surface area contributed by atoms with Gasteiger partial charge >= 0.3 is 18.0 Å². The summed E-state index contributed by atoms with van der Waals surface area (Å²) in [6, 6.07) is 6.29. The van der Waals surface area contributed by atoms with E-state index in [-0.39, 0.29) is 29.2 Å². The molecule has 4 rings (SSSR count). The number of urea groups is 2. The molecule has 2 aromatic rings. The lowest BCUT2D eigenvalue weighted by Crippen LogP contribution is -2.49. The molecular weight excluding hydrogens is 435 g/mol. The highest BCUT2D eigenvalue weighted by Crippen LogP contribution is 2.33. The second-order valence-electron chi connectivity index (χ2n) is 7.59. The number of hydrogen-bond donors (Lipinski definition) is 3. The summed E-state index contributed by atoms with van der Waals surface area (Å²) >= 11 is 0. The molecule has 1 fully saturated rings. The van der Waals surface area contributed by atoms with Crippen molar-refractivity contribution >= 4 is 23.9 Å². The summed E-state index contributed by atoms with van der Waals surface area (Å²) in [6.07, 6.45) is 1.38. The summed E-state index contributed by atoms with van der Waals surface area (Å²) in [6.45, 7) is 2.61. The van der Waals surface area contributed by atoms with Crippen molar-refractivity contribution in [3.05, 3.63) is 71.1 Å². The number of nitrogens with one attached hydrogen (secondary N) is 3. The van der Waals surface area contributed by atoms with Gasteiger partial charge in [0.05, 0.1) is 30.7 Å². The van der Waals surface area contributed by atoms with Crippen molar-refractivity contribution in [1.82, 2.24) is 20.9 Å². The largest absolute Gasteiger partial charge is 0.467 e. The van der Waals surface area contributed by atoms with Gasteiger partial charge in [0.25, 0.3) is 5.91 Å². The van der Waals surface area contributed by atoms with E-state index < -0.39 is 47.9 Å². The molecule has 0 spiro atoms. The lowest BCUT2D eigenvalue weighted by atomic mass is 9.91. The number of imide groups is 1. The SMILES string of the molecule is CCOC(=O)C1=C(CN2C(=O)NC(C)(c3ccccc3F)C2=O)NC(=O)NC1c1ccco1. The molecule has 11 heteroatoms. The van der Waals surface area contributed by atoms with Gasteiger partial charge in [-0.05, 0) is 32.0 Å². The Balaban J connectivity index is 1.73. The first kappa shape index (κ1) is 22.1. The highest BCUT2D eigenvalue weighted by Gasteiger charge is 2.51. The van der Waals surface area contributed by atoms with Crippen LogP contribution in [0.4, 0.5) is 14.0 Å². The van der Waals surface area contributed by atoms with Crippen molar-refractivity contribution in [1.29, 1.82) is 0 Å². The maximum absolute atomic E-state index is 14.4. The number of nitrogens with zero attached hydrogens (tertiary/aromatic N) is 1. The number of carbonyl (C=O) groups is 4. The average Bonchev–Trinajstić information content (AvgIpc) is 3.38. The van der Waals surface area contributed by atoms with Gasteiger partial charge < -0.3 is 25.1 Å². The van der Waals surface area contributed by atoms with Crippen molar-refractivity contribution in [3.63, 3.8) is 0 Å². The molecule has 0 bridgehead atoms. The zero-order valence-corrected chi connectivity index (χ0v) is 17.8. The van der Waals surface area contributed by atoms with Crippen LogP contribution in [0.15, 0.2) is 58.3 Å². The molecule has 10 nitrogen and oxygen atoms in total. The van der Waals surface area contributed by atoms with Gasteiger partial charge in [-0.25, -0.2) is 18.8 Å². The van der Waals surface area contributed by atoms with Crippen molar-refractivity contribution in [3.8, 4) is 0 Å². The number of benzene rings is 1. The van der Waals surface area contributed by atoms with Crippen LogP contribution in [0, 0.1) is 5.82 Å². The summed E-state index contributed by atoms with van der Waals surface area (Å²) in [4.78, 5) is 51.9. The number of hydrogen-bond acceptors (Lipinski definition) is 6. The fourth-order valence-corrected chi connectivity index (χ4v) is 3.91. The second kappa shape index (κ2) is 8.41. The third kappa shape index (κ3) is 3.81. The zero-order chi connectivity index (χ0) is 23.8. The molecule has 5 amide bonds. The first-order chi connectivity index (χ1) is 15.8. The smallest absolute Gasteiger partial charge is 0.338 e. The highest BCUT2D eigenvalue weighted by molar-refractivity contribution is 6.07. The minimum absolute atomic E-state index is 0.00625. The fraction of sp³-hybridized carbons (Fsp3) is 0.273. The summed E-state index contributed by atoms with van der Waals surface area (Å²) in [5, 5.41) is 7.57. The number of carbonyl (C=O) groups excluding carboxylic acids is 4. The van der Waals surface area contributed by atoms with Crippen LogP contribution < -0.4 is 16.0 Å². The maximum Gasteiger partial charge on any atom is 0.338 e. The van der Waals surface area contributed by atoms with Crippen LogP contribution in [-0.4, -0.2) is 42.0 Å². The topological polar surface area (TPSA) is 130 Å². The van der Waals surface area contributed by atoms with Gasteiger partial charge in [-0.2, -0.15) is 0 Å². The Bertz CT molecular complexity index is 1160. The fourth-order valence-electron chi connectivity index (χ4n) is 3.91. The molecule has 3 N–H and O–H groups in total. The lowest BCUT2D eigenvalue weighted by molar-refractivity contribution is -0.139.